The molecule has 0 bridgehead atoms. The van der Waals surface area contributed by atoms with E-state index in [0.717, 1.165) is 0 Å². The number of cyclic esters (lactones) is 2. The molecule has 0 spiro atoms. The van der Waals surface area contributed by atoms with Gasteiger partial charge in [-0.25, -0.2) is 0 Å². The lowest BCUT2D eigenvalue weighted by Crippen LogP contribution is -2.31. The van der Waals surface area contributed by atoms with E-state index in [1.807, 2.05) is 12.2 Å². The Labute approximate surface area is 70.4 Å². The highest BCUT2D eigenvalue weighted by molar-refractivity contribution is 5.99. The van der Waals surface area contributed by atoms with Gasteiger partial charge in [0.15, 0.2) is 0 Å². The lowest BCUT2D eigenvalue weighted by molar-refractivity contribution is -0.155. The molecule has 1 aliphatic carbocycles. The summed E-state index contributed by atoms with van der Waals surface area (Å²) < 4.78 is 4.59. The summed E-state index contributed by atoms with van der Waals surface area (Å²) in [6, 6.07) is 0. The molecule has 0 aromatic rings. The van der Waals surface area contributed by atoms with Gasteiger partial charge in [0.1, 0.15) is 0 Å². The van der Waals surface area contributed by atoms with Crippen LogP contribution in [0.4, 0.5) is 0 Å². The van der Waals surface area contributed by atoms with Gasteiger partial charge in [-0.1, -0.05) is 12.2 Å². The topological polar surface area (TPSA) is 43.4 Å². The molecular formula is C9H10O3. The first-order chi connectivity index (χ1) is 5.64. The summed E-state index contributed by atoms with van der Waals surface area (Å²) in [5.74, 6) is -0.955. The maximum atomic E-state index is 11.3. The van der Waals surface area contributed by atoms with Gasteiger partial charge in [-0.15, -0.1) is 0 Å². The summed E-state index contributed by atoms with van der Waals surface area (Å²) in [6.07, 6.45) is 5.14. The van der Waals surface area contributed by atoms with Crippen LogP contribution < -0.4 is 0 Å². The zero-order chi connectivity index (χ0) is 8.77. The molecule has 0 saturated carbocycles. The van der Waals surface area contributed by atoms with Crippen molar-refractivity contribution in [1.82, 2.24) is 0 Å². The fourth-order valence-corrected chi connectivity index (χ4v) is 1.82. The molecule has 0 aromatic heterocycles. The summed E-state index contributed by atoms with van der Waals surface area (Å²) in [5.41, 5.74) is -0.578. The minimum Gasteiger partial charge on any atom is -0.392 e. The van der Waals surface area contributed by atoms with Gasteiger partial charge in [0.05, 0.1) is 11.3 Å². The van der Waals surface area contributed by atoms with E-state index in [1.165, 1.54) is 0 Å². The Balaban J connectivity index is 2.41. The molecule has 0 radical (unpaired) electrons. The Morgan fingerprint density at radius 2 is 2.25 bits per heavy atom. The number of hydrogen-bond acceptors (Lipinski definition) is 3. The third-order valence-corrected chi connectivity index (χ3v) is 2.79. The third kappa shape index (κ3) is 0.763. The van der Waals surface area contributed by atoms with Crippen molar-refractivity contribution in [2.45, 2.75) is 19.8 Å². The van der Waals surface area contributed by atoms with Crippen molar-refractivity contribution in [3.63, 3.8) is 0 Å². The summed E-state index contributed by atoms with van der Waals surface area (Å²) in [4.78, 5) is 22.4. The van der Waals surface area contributed by atoms with Crippen molar-refractivity contribution >= 4 is 11.9 Å². The second kappa shape index (κ2) is 2.19. The van der Waals surface area contributed by atoms with E-state index in [0.29, 0.717) is 12.8 Å². The number of hydrogen-bond donors (Lipinski definition) is 0. The van der Waals surface area contributed by atoms with Crippen molar-refractivity contribution in [2.75, 3.05) is 0 Å². The van der Waals surface area contributed by atoms with E-state index in [1.54, 1.807) is 6.92 Å². The predicted molar refractivity (Wildman–Crippen MR) is 41.1 cm³/mol. The highest BCUT2D eigenvalue weighted by Crippen LogP contribution is 2.44. The van der Waals surface area contributed by atoms with Gasteiger partial charge in [0.25, 0.3) is 0 Å². The van der Waals surface area contributed by atoms with E-state index in [-0.39, 0.29) is 17.9 Å². The quantitative estimate of drug-likeness (QED) is 0.307. The fourth-order valence-electron chi connectivity index (χ4n) is 1.82. The lowest BCUT2D eigenvalue weighted by atomic mass is 9.72. The molecule has 3 nitrogen and oxygen atoms in total. The number of allylic oxidation sites excluding steroid dienone is 2. The normalized spacial score (nSPS) is 39.6. The Kier molecular flexibility index (Phi) is 1.37. The summed E-state index contributed by atoms with van der Waals surface area (Å²) in [6.45, 7) is 1.80. The molecule has 2 aliphatic rings. The molecule has 0 unspecified atom stereocenters. The molecule has 0 amide bonds. The zero-order valence-corrected chi connectivity index (χ0v) is 6.87. The first-order valence-corrected chi connectivity index (χ1v) is 4.06. The van der Waals surface area contributed by atoms with Gasteiger partial charge < -0.3 is 4.74 Å². The highest BCUT2D eigenvalue weighted by Gasteiger charge is 2.53. The number of carbonyl (C=O) groups is 2. The number of carbonyl (C=O) groups excluding carboxylic acids is 2. The van der Waals surface area contributed by atoms with Crippen LogP contribution in [0.15, 0.2) is 12.2 Å². The Hall–Kier alpha value is -1.12. The molecule has 64 valence electrons. The van der Waals surface area contributed by atoms with Crippen molar-refractivity contribution in [1.29, 1.82) is 0 Å². The number of rotatable bonds is 0. The number of ether oxygens (including phenoxy) is 1. The van der Waals surface area contributed by atoms with Crippen molar-refractivity contribution in [3.8, 4) is 0 Å². The van der Waals surface area contributed by atoms with E-state index >= 15 is 0 Å². The van der Waals surface area contributed by atoms with Gasteiger partial charge >= 0.3 is 11.9 Å². The van der Waals surface area contributed by atoms with Crippen LogP contribution in [0.2, 0.25) is 0 Å². The van der Waals surface area contributed by atoms with Gasteiger partial charge in [0, 0.05) is 0 Å². The Morgan fingerprint density at radius 1 is 1.50 bits per heavy atom. The first kappa shape index (κ1) is 7.53. The van der Waals surface area contributed by atoms with E-state index < -0.39 is 5.41 Å². The zero-order valence-electron chi connectivity index (χ0n) is 6.87. The molecule has 3 heteroatoms. The highest BCUT2D eigenvalue weighted by atomic mass is 16.6. The molecular weight excluding hydrogens is 156 g/mol. The predicted octanol–water partition coefficient (Wildman–Crippen LogP) is 1.04. The molecule has 1 fully saturated rings. The van der Waals surface area contributed by atoms with Crippen molar-refractivity contribution in [2.24, 2.45) is 11.3 Å². The summed E-state index contributed by atoms with van der Waals surface area (Å²) in [7, 11) is 0. The van der Waals surface area contributed by atoms with Crippen LogP contribution in [0, 0.1) is 11.3 Å². The molecule has 1 aliphatic heterocycles. The average molecular weight is 166 g/mol. The second-order valence-corrected chi connectivity index (χ2v) is 3.59. The van der Waals surface area contributed by atoms with Crippen LogP contribution in [0.25, 0.3) is 0 Å². The maximum absolute atomic E-state index is 11.3. The van der Waals surface area contributed by atoms with Crippen LogP contribution in [0.1, 0.15) is 19.8 Å². The molecule has 0 N–H and O–H groups in total. The van der Waals surface area contributed by atoms with Crippen LogP contribution in [0.5, 0.6) is 0 Å². The molecule has 1 saturated heterocycles. The minimum atomic E-state index is -0.578. The van der Waals surface area contributed by atoms with Crippen LogP contribution in [-0.2, 0) is 14.3 Å². The number of fused-ring (bicyclic) bond motifs is 1. The monoisotopic (exact) mass is 166 g/mol. The summed E-state index contributed by atoms with van der Waals surface area (Å²) >= 11 is 0. The van der Waals surface area contributed by atoms with Crippen LogP contribution in [0.3, 0.4) is 0 Å². The molecule has 0 aromatic carbocycles. The molecule has 12 heavy (non-hydrogen) atoms. The second-order valence-electron chi connectivity index (χ2n) is 3.59. The van der Waals surface area contributed by atoms with E-state index in [9.17, 15) is 9.59 Å². The van der Waals surface area contributed by atoms with Crippen molar-refractivity contribution in [3.05, 3.63) is 12.2 Å². The van der Waals surface area contributed by atoms with E-state index in [4.69, 9.17) is 0 Å². The fraction of sp³-hybridized carbons (Fsp3) is 0.556. The molecule has 2 atom stereocenters. The minimum absolute atomic E-state index is 0.241. The van der Waals surface area contributed by atoms with Gasteiger partial charge in [-0.2, -0.15) is 0 Å². The maximum Gasteiger partial charge on any atom is 0.320 e. The van der Waals surface area contributed by atoms with Crippen LogP contribution >= 0.6 is 0 Å². The standard InChI is InChI=1S/C9H10O3/c1-9-5-3-2-4-6(9)7(10)12-8(9)11/h2-3,6H,4-5H2,1H3/t6-,9+/m1/s1. The van der Waals surface area contributed by atoms with Crippen molar-refractivity contribution < 1.29 is 14.3 Å². The van der Waals surface area contributed by atoms with Gasteiger partial charge in [-0.3, -0.25) is 9.59 Å². The van der Waals surface area contributed by atoms with E-state index in [2.05, 4.69) is 4.74 Å². The number of esters is 2. The SMILES string of the molecule is C[C@]12CC=CC[C@@H]1C(=O)OC2=O. The summed E-state index contributed by atoms with van der Waals surface area (Å²) in [5, 5.41) is 0. The lowest BCUT2D eigenvalue weighted by Gasteiger charge is -2.25. The van der Waals surface area contributed by atoms with Crippen LogP contribution in [-0.4, -0.2) is 11.9 Å². The van der Waals surface area contributed by atoms with Gasteiger partial charge in [0.2, 0.25) is 0 Å². The smallest absolute Gasteiger partial charge is 0.320 e. The molecule has 2 rings (SSSR count). The Morgan fingerprint density at radius 3 is 2.92 bits per heavy atom. The Bertz CT molecular complexity index is 279. The molecule has 1 heterocycles. The van der Waals surface area contributed by atoms with Gasteiger partial charge in [-0.05, 0) is 19.8 Å². The largest absolute Gasteiger partial charge is 0.392 e. The average Bonchev–Trinajstić information content (AvgIpc) is 2.25. The first-order valence-electron chi connectivity index (χ1n) is 4.06. The third-order valence-electron chi connectivity index (χ3n) is 2.79.